The van der Waals surface area contributed by atoms with E-state index >= 15 is 0 Å². The first-order valence-electron chi connectivity index (χ1n) is 8.27. The van der Waals surface area contributed by atoms with Gasteiger partial charge in [-0.25, -0.2) is 0 Å². The Morgan fingerprint density at radius 1 is 1.16 bits per heavy atom. The third-order valence-electron chi connectivity index (χ3n) is 4.80. The molecular weight excluding hydrogens is 329 g/mol. The maximum atomic E-state index is 12.8. The summed E-state index contributed by atoms with van der Waals surface area (Å²) in [5.74, 6) is 0. The lowest BCUT2D eigenvalue weighted by Gasteiger charge is -2.41. The van der Waals surface area contributed by atoms with Crippen molar-refractivity contribution in [2.24, 2.45) is 0 Å². The molecule has 2 N–H and O–H groups in total. The summed E-state index contributed by atoms with van der Waals surface area (Å²) in [6.45, 7) is 3.92. The van der Waals surface area contributed by atoms with Crippen LogP contribution in [0.4, 0.5) is 13.2 Å². The first-order valence-corrected chi connectivity index (χ1v) is 8.27. The van der Waals surface area contributed by atoms with E-state index in [2.05, 4.69) is 10.3 Å². The van der Waals surface area contributed by atoms with Crippen molar-refractivity contribution < 1.29 is 18.3 Å². The predicted molar refractivity (Wildman–Crippen MR) is 88.9 cm³/mol. The van der Waals surface area contributed by atoms with E-state index in [1.54, 1.807) is 6.20 Å². The number of nitrogens with zero attached hydrogens (tertiary/aromatic N) is 1. The van der Waals surface area contributed by atoms with Crippen LogP contribution in [0.1, 0.15) is 48.2 Å². The summed E-state index contributed by atoms with van der Waals surface area (Å²) in [6.07, 6.45) is -1.88. The minimum atomic E-state index is -4.38. The number of hydrogen-bond acceptors (Lipinski definition) is 3. The maximum absolute atomic E-state index is 12.8. The molecule has 6 heteroatoms. The number of halogens is 3. The molecule has 1 saturated heterocycles. The lowest BCUT2D eigenvalue weighted by molar-refractivity contribution is -0.137. The molecule has 3 atom stereocenters. The summed E-state index contributed by atoms with van der Waals surface area (Å²) in [7, 11) is 0. The molecular formula is C19H21F3N2O. The second-order valence-electron chi connectivity index (χ2n) is 6.84. The van der Waals surface area contributed by atoms with Crippen LogP contribution >= 0.6 is 0 Å². The number of aryl methyl sites for hydroxylation is 1. The standard InChI is InChI=1S/C19H21F3N2O/c1-12-4-3-9-23-17(12)16-11-18(25,10-13(2)24-16)14-5-7-15(8-6-14)19(20,21)22/h3-9,13,16,24-25H,10-11H2,1-2H3/t13-,16-,18?/m0/s1. The Morgan fingerprint density at radius 2 is 1.84 bits per heavy atom. The molecule has 0 bridgehead atoms. The van der Waals surface area contributed by atoms with E-state index in [9.17, 15) is 18.3 Å². The third-order valence-corrected chi connectivity index (χ3v) is 4.80. The van der Waals surface area contributed by atoms with Crippen molar-refractivity contribution in [1.29, 1.82) is 0 Å². The molecule has 134 valence electrons. The maximum Gasteiger partial charge on any atom is 0.416 e. The molecule has 1 aliphatic heterocycles. The van der Waals surface area contributed by atoms with Crippen molar-refractivity contribution in [2.75, 3.05) is 0 Å². The number of rotatable bonds is 2. The number of aliphatic hydroxyl groups is 1. The SMILES string of the molecule is Cc1cccnc1[C@@H]1CC(O)(c2ccc(C(F)(F)F)cc2)C[C@H](C)N1. The highest BCUT2D eigenvalue weighted by Gasteiger charge is 2.40. The first-order chi connectivity index (χ1) is 11.7. The fourth-order valence-electron chi connectivity index (χ4n) is 3.63. The fraction of sp³-hybridized carbons (Fsp3) is 0.421. The molecule has 1 fully saturated rings. The molecule has 2 heterocycles. The Hall–Kier alpha value is -1.92. The average Bonchev–Trinajstić information content (AvgIpc) is 2.54. The Balaban J connectivity index is 1.91. The summed E-state index contributed by atoms with van der Waals surface area (Å²) in [5, 5.41) is 14.6. The Bertz CT molecular complexity index is 745. The molecule has 0 amide bonds. The third kappa shape index (κ3) is 3.70. The van der Waals surface area contributed by atoms with E-state index < -0.39 is 17.3 Å². The average molecular weight is 350 g/mol. The van der Waals surface area contributed by atoms with Gasteiger partial charge >= 0.3 is 6.18 Å². The number of pyridine rings is 1. The summed E-state index contributed by atoms with van der Waals surface area (Å²) in [4.78, 5) is 4.42. The van der Waals surface area contributed by atoms with Gasteiger partial charge in [-0.15, -0.1) is 0 Å². The van der Waals surface area contributed by atoms with Crippen molar-refractivity contribution in [3.63, 3.8) is 0 Å². The second kappa shape index (κ2) is 6.42. The smallest absolute Gasteiger partial charge is 0.385 e. The topological polar surface area (TPSA) is 45.2 Å². The van der Waals surface area contributed by atoms with E-state index in [0.717, 1.165) is 23.4 Å². The van der Waals surface area contributed by atoms with Crippen LogP contribution < -0.4 is 5.32 Å². The normalized spacial score (nSPS) is 27.3. The molecule has 0 aliphatic carbocycles. The summed E-state index contributed by atoms with van der Waals surface area (Å²) < 4.78 is 38.3. The Labute approximate surface area is 144 Å². The molecule has 1 aliphatic rings. The van der Waals surface area contributed by atoms with Crippen LogP contribution in [0.2, 0.25) is 0 Å². The quantitative estimate of drug-likeness (QED) is 0.857. The van der Waals surface area contributed by atoms with Crippen LogP contribution in [-0.4, -0.2) is 16.1 Å². The van der Waals surface area contributed by atoms with E-state index in [1.165, 1.54) is 12.1 Å². The number of alkyl halides is 3. The van der Waals surface area contributed by atoms with Crippen molar-refractivity contribution in [3.05, 3.63) is 65.0 Å². The van der Waals surface area contributed by atoms with Gasteiger partial charge in [-0.3, -0.25) is 4.98 Å². The summed E-state index contributed by atoms with van der Waals surface area (Å²) in [6, 6.07) is 8.48. The molecule has 1 aromatic heterocycles. The minimum Gasteiger partial charge on any atom is -0.385 e. The number of hydrogen-bond donors (Lipinski definition) is 2. The highest BCUT2D eigenvalue weighted by molar-refractivity contribution is 5.31. The van der Waals surface area contributed by atoms with Gasteiger partial charge in [-0.2, -0.15) is 13.2 Å². The first kappa shape index (κ1) is 17.9. The highest BCUT2D eigenvalue weighted by Crippen LogP contribution is 2.41. The van der Waals surface area contributed by atoms with Crippen LogP contribution in [0.15, 0.2) is 42.6 Å². The van der Waals surface area contributed by atoms with E-state index in [1.807, 2.05) is 26.0 Å². The molecule has 1 aromatic carbocycles. The number of nitrogens with one attached hydrogen (secondary N) is 1. The van der Waals surface area contributed by atoms with Crippen LogP contribution in [-0.2, 0) is 11.8 Å². The molecule has 1 unspecified atom stereocenters. The van der Waals surface area contributed by atoms with Crippen LogP contribution in [0, 0.1) is 6.92 Å². The fourth-order valence-corrected chi connectivity index (χ4v) is 3.63. The van der Waals surface area contributed by atoms with Crippen LogP contribution in [0.3, 0.4) is 0 Å². The molecule has 3 rings (SSSR count). The molecule has 2 aromatic rings. The lowest BCUT2D eigenvalue weighted by Crippen LogP contribution is -2.47. The molecule has 0 spiro atoms. The van der Waals surface area contributed by atoms with Crippen LogP contribution in [0.5, 0.6) is 0 Å². The van der Waals surface area contributed by atoms with Gasteiger partial charge in [0.15, 0.2) is 0 Å². The zero-order chi connectivity index (χ0) is 18.2. The minimum absolute atomic E-state index is 0.00690. The molecule has 0 saturated carbocycles. The summed E-state index contributed by atoms with van der Waals surface area (Å²) in [5.41, 5.74) is 0.485. The van der Waals surface area contributed by atoms with Crippen molar-refractivity contribution >= 4 is 0 Å². The van der Waals surface area contributed by atoms with Crippen LogP contribution in [0.25, 0.3) is 0 Å². The number of piperidine rings is 1. The van der Waals surface area contributed by atoms with Crippen molar-refractivity contribution in [2.45, 2.75) is 50.6 Å². The second-order valence-corrected chi connectivity index (χ2v) is 6.84. The summed E-state index contributed by atoms with van der Waals surface area (Å²) >= 11 is 0. The van der Waals surface area contributed by atoms with Gasteiger partial charge in [0.2, 0.25) is 0 Å². The van der Waals surface area contributed by atoms with Crippen molar-refractivity contribution in [3.8, 4) is 0 Å². The van der Waals surface area contributed by atoms with E-state index in [0.29, 0.717) is 18.4 Å². The molecule has 25 heavy (non-hydrogen) atoms. The molecule has 0 radical (unpaired) electrons. The van der Waals surface area contributed by atoms with Gasteiger partial charge in [-0.05, 0) is 49.6 Å². The monoisotopic (exact) mass is 350 g/mol. The zero-order valence-corrected chi connectivity index (χ0v) is 14.1. The highest BCUT2D eigenvalue weighted by atomic mass is 19.4. The van der Waals surface area contributed by atoms with Gasteiger partial charge in [0.25, 0.3) is 0 Å². The largest absolute Gasteiger partial charge is 0.416 e. The van der Waals surface area contributed by atoms with Gasteiger partial charge in [0.05, 0.1) is 22.9 Å². The van der Waals surface area contributed by atoms with E-state index in [4.69, 9.17) is 0 Å². The number of aromatic nitrogens is 1. The Morgan fingerprint density at radius 3 is 2.44 bits per heavy atom. The van der Waals surface area contributed by atoms with Crippen molar-refractivity contribution in [1.82, 2.24) is 10.3 Å². The molecule has 3 nitrogen and oxygen atoms in total. The van der Waals surface area contributed by atoms with E-state index in [-0.39, 0.29) is 12.1 Å². The predicted octanol–water partition coefficient (Wildman–Crippen LogP) is 4.11. The zero-order valence-electron chi connectivity index (χ0n) is 14.1. The van der Waals surface area contributed by atoms with Gasteiger partial charge in [0.1, 0.15) is 0 Å². The number of benzene rings is 1. The van der Waals surface area contributed by atoms with Gasteiger partial charge < -0.3 is 10.4 Å². The van der Waals surface area contributed by atoms with Gasteiger partial charge in [-0.1, -0.05) is 18.2 Å². The Kier molecular flexibility index (Phi) is 4.60. The van der Waals surface area contributed by atoms with Gasteiger partial charge in [0, 0.05) is 18.7 Å². The lowest BCUT2D eigenvalue weighted by atomic mass is 9.77.